The summed E-state index contributed by atoms with van der Waals surface area (Å²) in [5, 5.41) is 4.13. The molecule has 0 unspecified atom stereocenters. The number of carbonyl (C=O) groups is 1. The van der Waals surface area contributed by atoms with E-state index in [4.69, 9.17) is 0 Å². The number of benzene rings is 1. The minimum Gasteiger partial charge on any atom is -0.339 e. The van der Waals surface area contributed by atoms with Crippen LogP contribution in [0, 0.1) is 12.7 Å². The lowest BCUT2D eigenvalue weighted by atomic mass is 10.1. The van der Waals surface area contributed by atoms with Gasteiger partial charge in [-0.2, -0.15) is 5.10 Å². The maximum Gasteiger partial charge on any atom is 0.280 e. The molecule has 3 aromatic rings. The van der Waals surface area contributed by atoms with Crippen molar-refractivity contribution in [2.45, 2.75) is 32.9 Å². The number of halogens is 5. The minimum atomic E-state index is -3.03. The summed E-state index contributed by atoms with van der Waals surface area (Å²) in [6.45, 7) is 3.91. The first kappa shape index (κ1) is 23.1. The van der Waals surface area contributed by atoms with Crippen LogP contribution in [-0.2, 0) is 17.9 Å². The Hall–Kier alpha value is -3.08. The third kappa shape index (κ3) is 4.97. The number of hydrogen-bond acceptors (Lipinski definition) is 4. The number of pyridine rings is 1. The molecule has 0 atom stereocenters. The average molecular weight is 467 g/mol. The zero-order valence-corrected chi connectivity index (χ0v) is 17.8. The highest BCUT2D eigenvalue weighted by Crippen LogP contribution is 2.32. The van der Waals surface area contributed by atoms with Gasteiger partial charge in [0.25, 0.3) is 12.9 Å². The van der Waals surface area contributed by atoms with Crippen LogP contribution in [-0.4, -0.2) is 56.7 Å². The van der Waals surface area contributed by atoms with E-state index in [0.717, 1.165) is 10.2 Å². The van der Waals surface area contributed by atoms with Crippen LogP contribution < -0.4 is 0 Å². The molecule has 0 spiro atoms. The normalized spacial score (nSPS) is 15.2. The number of nitrogens with zero attached hydrogens (tertiary/aromatic N) is 5. The fourth-order valence-corrected chi connectivity index (χ4v) is 4.03. The number of fused-ring (bicyclic) bond motifs is 1. The topological polar surface area (TPSA) is 54.3 Å². The van der Waals surface area contributed by atoms with Crippen LogP contribution in [0.4, 0.5) is 22.0 Å². The molecule has 2 aromatic heterocycles. The lowest BCUT2D eigenvalue weighted by Gasteiger charge is -2.34. The van der Waals surface area contributed by atoms with Gasteiger partial charge in [0.15, 0.2) is 5.65 Å². The number of aryl methyl sites for hydroxylation is 1. The molecular weight excluding hydrogens is 445 g/mol. The molecule has 33 heavy (non-hydrogen) atoms. The summed E-state index contributed by atoms with van der Waals surface area (Å²) >= 11 is 0. The first-order valence-corrected chi connectivity index (χ1v) is 10.4. The lowest BCUT2D eigenvalue weighted by Crippen LogP contribution is -2.49. The summed E-state index contributed by atoms with van der Waals surface area (Å²) in [5.41, 5.74) is -0.332. The minimum absolute atomic E-state index is 0.00804. The Bertz CT molecular complexity index is 1140. The fraction of sp³-hybridized carbons (Fsp3) is 0.409. The summed E-state index contributed by atoms with van der Waals surface area (Å²) in [6.07, 6.45) is -6.00. The molecule has 0 radical (unpaired) electrons. The van der Waals surface area contributed by atoms with Crippen LogP contribution in [0.25, 0.3) is 11.0 Å². The number of amides is 1. The second kappa shape index (κ2) is 9.42. The average Bonchev–Trinajstić information content (AvgIpc) is 3.10. The van der Waals surface area contributed by atoms with Crippen LogP contribution >= 0.6 is 0 Å². The molecule has 1 fully saturated rings. The van der Waals surface area contributed by atoms with E-state index >= 15 is 0 Å². The van der Waals surface area contributed by atoms with E-state index in [2.05, 4.69) is 15.0 Å². The Morgan fingerprint density at radius 1 is 1.03 bits per heavy atom. The monoisotopic (exact) mass is 467 g/mol. The predicted molar refractivity (Wildman–Crippen MR) is 110 cm³/mol. The van der Waals surface area contributed by atoms with E-state index in [-0.39, 0.29) is 35.0 Å². The van der Waals surface area contributed by atoms with Crippen LogP contribution in [0.3, 0.4) is 0 Å². The zero-order valence-electron chi connectivity index (χ0n) is 17.8. The van der Waals surface area contributed by atoms with Crippen LogP contribution in [0.15, 0.2) is 30.3 Å². The number of alkyl halides is 4. The number of rotatable bonds is 6. The van der Waals surface area contributed by atoms with Crippen LogP contribution in [0.5, 0.6) is 0 Å². The molecule has 11 heteroatoms. The highest BCUT2D eigenvalue weighted by molar-refractivity contribution is 5.85. The summed E-state index contributed by atoms with van der Waals surface area (Å²) in [4.78, 5) is 20.4. The van der Waals surface area contributed by atoms with Crippen molar-refractivity contribution in [1.29, 1.82) is 0 Å². The number of hydrogen-bond donors (Lipinski definition) is 0. The third-order valence-corrected chi connectivity index (χ3v) is 5.72. The number of piperazine rings is 1. The Morgan fingerprint density at radius 3 is 2.30 bits per heavy atom. The molecule has 0 saturated carbocycles. The van der Waals surface area contributed by atoms with E-state index < -0.39 is 24.1 Å². The van der Waals surface area contributed by atoms with Gasteiger partial charge >= 0.3 is 0 Å². The van der Waals surface area contributed by atoms with Crippen molar-refractivity contribution in [3.8, 4) is 0 Å². The lowest BCUT2D eigenvalue weighted by molar-refractivity contribution is -0.133. The van der Waals surface area contributed by atoms with E-state index in [0.29, 0.717) is 38.8 Å². The molecular formula is C22H22F5N5O. The van der Waals surface area contributed by atoms with E-state index in [1.807, 2.05) is 0 Å². The van der Waals surface area contributed by atoms with Crippen molar-refractivity contribution in [1.82, 2.24) is 24.6 Å². The standard InChI is InChI=1S/C22H22F5N5O/c1-13-19-16(20(24)25)10-17(21(26)27)28-22(19)32(29-13)12-18(33)31-8-6-30(7-9-31)11-14-2-4-15(23)5-3-14/h2-5,10,20-21H,6-9,11-12H2,1H3. The van der Waals surface area contributed by atoms with Crippen molar-refractivity contribution in [3.05, 3.63) is 58.7 Å². The third-order valence-electron chi connectivity index (χ3n) is 5.72. The number of carbonyl (C=O) groups excluding carboxylic acids is 1. The predicted octanol–water partition coefficient (Wildman–Crippen LogP) is 4.10. The maximum absolute atomic E-state index is 13.5. The fourth-order valence-electron chi connectivity index (χ4n) is 4.03. The van der Waals surface area contributed by atoms with Gasteiger partial charge in [0.05, 0.1) is 11.1 Å². The van der Waals surface area contributed by atoms with Crippen LogP contribution in [0.2, 0.25) is 0 Å². The molecule has 3 heterocycles. The zero-order chi connectivity index (χ0) is 23.7. The molecule has 1 aliphatic rings. The molecule has 1 aromatic carbocycles. The molecule has 0 N–H and O–H groups in total. The Balaban J connectivity index is 1.46. The molecule has 1 amide bonds. The van der Waals surface area contributed by atoms with Gasteiger partial charge in [0.1, 0.15) is 18.1 Å². The van der Waals surface area contributed by atoms with E-state index in [1.165, 1.54) is 19.1 Å². The Labute approximate surface area is 186 Å². The van der Waals surface area contributed by atoms with Crippen molar-refractivity contribution in [2.24, 2.45) is 0 Å². The second-order valence-corrected chi connectivity index (χ2v) is 7.96. The highest BCUT2D eigenvalue weighted by Gasteiger charge is 2.26. The SMILES string of the molecule is Cc1nn(CC(=O)N2CCN(Cc3ccc(F)cc3)CC2)c2nc(C(F)F)cc(C(F)F)c12. The molecule has 0 aliphatic carbocycles. The molecule has 6 nitrogen and oxygen atoms in total. The summed E-state index contributed by atoms with van der Waals surface area (Å²) < 4.78 is 67.6. The van der Waals surface area contributed by atoms with Gasteiger partial charge in [0, 0.05) is 38.3 Å². The number of aromatic nitrogens is 3. The van der Waals surface area contributed by atoms with Gasteiger partial charge in [-0.1, -0.05) is 12.1 Å². The first-order valence-electron chi connectivity index (χ1n) is 10.4. The van der Waals surface area contributed by atoms with E-state index in [1.54, 1.807) is 17.0 Å². The Kier molecular flexibility index (Phi) is 6.59. The molecule has 1 aliphatic heterocycles. The largest absolute Gasteiger partial charge is 0.339 e. The van der Waals surface area contributed by atoms with Crippen molar-refractivity contribution in [3.63, 3.8) is 0 Å². The quantitative estimate of drug-likeness (QED) is 0.513. The van der Waals surface area contributed by atoms with Gasteiger partial charge in [-0.3, -0.25) is 9.69 Å². The maximum atomic E-state index is 13.5. The molecule has 0 bridgehead atoms. The second-order valence-electron chi connectivity index (χ2n) is 7.96. The van der Waals surface area contributed by atoms with Gasteiger partial charge in [0.2, 0.25) is 5.91 Å². The van der Waals surface area contributed by atoms with Crippen molar-refractivity contribution in [2.75, 3.05) is 26.2 Å². The van der Waals surface area contributed by atoms with Crippen molar-refractivity contribution >= 4 is 16.9 Å². The molecule has 1 saturated heterocycles. The van der Waals surface area contributed by atoms with Crippen molar-refractivity contribution < 1.29 is 26.7 Å². The van der Waals surface area contributed by atoms with Gasteiger partial charge in [-0.05, 0) is 30.7 Å². The smallest absolute Gasteiger partial charge is 0.280 e. The summed E-state index contributed by atoms with van der Waals surface area (Å²) in [5.74, 6) is -0.602. The highest BCUT2D eigenvalue weighted by atomic mass is 19.3. The Morgan fingerprint density at radius 2 is 1.70 bits per heavy atom. The van der Waals surface area contributed by atoms with Gasteiger partial charge < -0.3 is 4.90 Å². The molecule has 176 valence electrons. The van der Waals surface area contributed by atoms with Gasteiger partial charge in [-0.15, -0.1) is 0 Å². The molecule has 4 rings (SSSR count). The summed E-state index contributed by atoms with van der Waals surface area (Å²) in [6, 6.07) is 6.92. The summed E-state index contributed by atoms with van der Waals surface area (Å²) in [7, 11) is 0. The van der Waals surface area contributed by atoms with Gasteiger partial charge in [-0.25, -0.2) is 31.6 Å². The first-order chi connectivity index (χ1) is 15.7. The van der Waals surface area contributed by atoms with E-state index in [9.17, 15) is 26.7 Å². The van der Waals surface area contributed by atoms with Crippen LogP contribution in [0.1, 0.15) is 35.4 Å².